The third-order valence-electron chi connectivity index (χ3n) is 5.12. The summed E-state index contributed by atoms with van der Waals surface area (Å²) in [6.45, 7) is 0.274. The highest BCUT2D eigenvalue weighted by atomic mass is 16.7. The van der Waals surface area contributed by atoms with Crippen LogP contribution in [0.1, 0.15) is 11.7 Å². The fourth-order valence-electron chi connectivity index (χ4n) is 3.51. The summed E-state index contributed by atoms with van der Waals surface area (Å²) < 4.78 is 18.9. The molecule has 5 rings (SSSR count). The van der Waals surface area contributed by atoms with Crippen LogP contribution in [-0.2, 0) is 6.54 Å². The summed E-state index contributed by atoms with van der Waals surface area (Å²) in [4.78, 5) is 13.0. The predicted molar refractivity (Wildman–Crippen MR) is 109 cm³/mol. The fraction of sp³-hybridized carbons (Fsp3) is 0.182. The van der Waals surface area contributed by atoms with E-state index in [0.717, 1.165) is 5.56 Å². The molecule has 152 valence electrons. The van der Waals surface area contributed by atoms with Gasteiger partial charge in [0, 0.05) is 18.0 Å². The Hall–Kier alpha value is -3.78. The molecule has 30 heavy (non-hydrogen) atoms. The molecule has 0 radical (unpaired) electrons. The quantitative estimate of drug-likeness (QED) is 0.549. The van der Waals surface area contributed by atoms with E-state index in [0.29, 0.717) is 34.0 Å². The second-order valence-electron chi connectivity index (χ2n) is 6.98. The number of nitrogens with zero attached hydrogens (tertiary/aromatic N) is 3. The molecule has 2 aromatic carbocycles. The first kappa shape index (κ1) is 18.3. The number of hydrogen-bond acceptors (Lipinski definition) is 6. The molecule has 1 aliphatic heterocycles. The van der Waals surface area contributed by atoms with E-state index in [2.05, 4.69) is 5.10 Å². The standard InChI is InChI=1S/C22H19N3O5/c1-28-16-4-2-3-14(9-16)17-11-18-22(27)24(7-8-25(18)23-17)12-19(26)15-5-6-20-21(10-15)30-13-29-20/h2-11,19,26H,12-13H2,1H3/t19-/m0/s1. The Morgan fingerprint density at radius 1 is 1.13 bits per heavy atom. The normalized spacial score (nSPS) is 13.5. The third kappa shape index (κ3) is 3.17. The number of aromatic nitrogens is 3. The van der Waals surface area contributed by atoms with Gasteiger partial charge in [-0.15, -0.1) is 0 Å². The molecule has 4 aromatic rings. The molecular weight excluding hydrogens is 386 g/mol. The molecule has 8 heteroatoms. The number of ether oxygens (including phenoxy) is 3. The summed E-state index contributed by atoms with van der Waals surface area (Å²) in [5.41, 5.74) is 2.35. The van der Waals surface area contributed by atoms with Crippen LogP contribution in [-0.4, -0.2) is 33.2 Å². The van der Waals surface area contributed by atoms with Crippen molar-refractivity contribution in [1.82, 2.24) is 14.2 Å². The Morgan fingerprint density at radius 3 is 2.87 bits per heavy atom. The molecule has 8 nitrogen and oxygen atoms in total. The van der Waals surface area contributed by atoms with Gasteiger partial charge >= 0.3 is 0 Å². The smallest absolute Gasteiger partial charge is 0.276 e. The zero-order valence-electron chi connectivity index (χ0n) is 16.2. The molecule has 3 heterocycles. The number of fused-ring (bicyclic) bond motifs is 2. The maximum atomic E-state index is 13.0. The van der Waals surface area contributed by atoms with Crippen molar-refractivity contribution in [1.29, 1.82) is 0 Å². The number of aliphatic hydroxyl groups is 1. The lowest BCUT2D eigenvalue weighted by molar-refractivity contribution is 0.154. The average Bonchev–Trinajstić information content (AvgIpc) is 3.42. The molecule has 0 spiro atoms. The first-order valence-electron chi connectivity index (χ1n) is 9.43. The van der Waals surface area contributed by atoms with Crippen molar-refractivity contribution in [2.24, 2.45) is 0 Å². The van der Waals surface area contributed by atoms with Crippen molar-refractivity contribution in [3.05, 3.63) is 76.8 Å². The molecular formula is C22H19N3O5. The number of aliphatic hydroxyl groups excluding tert-OH is 1. The van der Waals surface area contributed by atoms with Crippen molar-refractivity contribution in [2.75, 3.05) is 13.9 Å². The summed E-state index contributed by atoms with van der Waals surface area (Å²) in [6.07, 6.45) is 2.45. The van der Waals surface area contributed by atoms with Crippen LogP contribution in [0.15, 0.2) is 65.7 Å². The first-order chi connectivity index (χ1) is 14.6. The Balaban J connectivity index is 1.45. The zero-order valence-corrected chi connectivity index (χ0v) is 16.2. The molecule has 2 aromatic heterocycles. The lowest BCUT2D eigenvalue weighted by Crippen LogP contribution is -2.24. The second kappa shape index (κ2) is 7.23. The van der Waals surface area contributed by atoms with E-state index < -0.39 is 6.10 Å². The minimum absolute atomic E-state index is 0.106. The van der Waals surface area contributed by atoms with Gasteiger partial charge in [-0.2, -0.15) is 5.10 Å². The largest absolute Gasteiger partial charge is 0.497 e. The van der Waals surface area contributed by atoms with Crippen molar-refractivity contribution in [3.8, 4) is 28.5 Å². The van der Waals surface area contributed by atoms with Gasteiger partial charge in [0.05, 0.1) is 25.5 Å². The van der Waals surface area contributed by atoms with Crippen LogP contribution in [0, 0.1) is 0 Å². The molecule has 0 amide bonds. The van der Waals surface area contributed by atoms with E-state index in [1.54, 1.807) is 48.3 Å². The van der Waals surface area contributed by atoms with Crippen molar-refractivity contribution < 1.29 is 19.3 Å². The van der Waals surface area contributed by atoms with E-state index in [1.807, 2.05) is 24.3 Å². The first-order valence-corrected chi connectivity index (χ1v) is 9.43. The lowest BCUT2D eigenvalue weighted by atomic mass is 10.1. The SMILES string of the molecule is COc1cccc(-c2cc3c(=O)n(C[C@H](O)c4ccc5c(c4)OCO5)ccn3n2)c1. The topological polar surface area (TPSA) is 87.2 Å². The highest BCUT2D eigenvalue weighted by Gasteiger charge is 2.18. The average molecular weight is 405 g/mol. The minimum atomic E-state index is -0.875. The van der Waals surface area contributed by atoms with Gasteiger partial charge in [0.2, 0.25) is 6.79 Å². The summed E-state index contributed by atoms with van der Waals surface area (Å²) in [5, 5.41) is 15.1. The number of methoxy groups -OCH3 is 1. The zero-order chi connectivity index (χ0) is 20.7. The number of benzene rings is 2. The van der Waals surface area contributed by atoms with Crippen LogP contribution in [0.5, 0.6) is 17.2 Å². The maximum absolute atomic E-state index is 13.0. The molecule has 0 saturated carbocycles. The molecule has 1 aliphatic rings. The summed E-state index contributed by atoms with van der Waals surface area (Å²) in [5.74, 6) is 1.95. The minimum Gasteiger partial charge on any atom is -0.497 e. The molecule has 0 aliphatic carbocycles. The highest BCUT2D eigenvalue weighted by molar-refractivity contribution is 5.66. The van der Waals surface area contributed by atoms with Gasteiger partial charge in [0.15, 0.2) is 11.5 Å². The number of rotatable bonds is 5. The van der Waals surface area contributed by atoms with Crippen LogP contribution in [0.4, 0.5) is 0 Å². The Labute approximate surface area is 171 Å². The summed E-state index contributed by atoms with van der Waals surface area (Å²) in [7, 11) is 1.60. The van der Waals surface area contributed by atoms with Gasteiger partial charge < -0.3 is 23.9 Å². The second-order valence-corrected chi connectivity index (χ2v) is 6.98. The molecule has 0 unspecified atom stereocenters. The number of hydrogen-bond donors (Lipinski definition) is 1. The van der Waals surface area contributed by atoms with Gasteiger partial charge in [-0.3, -0.25) is 4.79 Å². The van der Waals surface area contributed by atoms with Crippen molar-refractivity contribution in [3.63, 3.8) is 0 Å². The lowest BCUT2D eigenvalue weighted by Gasteiger charge is -2.13. The van der Waals surface area contributed by atoms with Crippen LogP contribution in [0.3, 0.4) is 0 Å². The molecule has 1 atom stereocenters. The van der Waals surface area contributed by atoms with E-state index in [-0.39, 0.29) is 18.9 Å². The Morgan fingerprint density at radius 2 is 2.00 bits per heavy atom. The molecule has 0 saturated heterocycles. The summed E-state index contributed by atoms with van der Waals surface area (Å²) >= 11 is 0. The maximum Gasteiger partial charge on any atom is 0.276 e. The summed E-state index contributed by atoms with van der Waals surface area (Å²) in [6, 6.07) is 14.5. The molecule has 1 N–H and O–H groups in total. The fourth-order valence-corrected chi connectivity index (χ4v) is 3.51. The van der Waals surface area contributed by atoms with Crippen LogP contribution < -0.4 is 19.8 Å². The Bertz CT molecular complexity index is 1290. The van der Waals surface area contributed by atoms with Gasteiger partial charge in [-0.25, -0.2) is 4.52 Å². The van der Waals surface area contributed by atoms with E-state index in [1.165, 1.54) is 4.57 Å². The van der Waals surface area contributed by atoms with Crippen molar-refractivity contribution in [2.45, 2.75) is 12.6 Å². The van der Waals surface area contributed by atoms with E-state index in [4.69, 9.17) is 14.2 Å². The molecule has 0 bridgehead atoms. The third-order valence-corrected chi connectivity index (χ3v) is 5.12. The van der Waals surface area contributed by atoms with Crippen LogP contribution in [0.25, 0.3) is 16.8 Å². The van der Waals surface area contributed by atoms with Gasteiger partial charge in [-0.05, 0) is 35.9 Å². The van der Waals surface area contributed by atoms with E-state index in [9.17, 15) is 9.90 Å². The van der Waals surface area contributed by atoms with Crippen LogP contribution >= 0.6 is 0 Å². The van der Waals surface area contributed by atoms with E-state index >= 15 is 0 Å². The predicted octanol–water partition coefficient (Wildman–Crippen LogP) is 2.63. The highest BCUT2D eigenvalue weighted by Crippen LogP contribution is 2.34. The van der Waals surface area contributed by atoms with Gasteiger partial charge in [-0.1, -0.05) is 18.2 Å². The van der Waals surface area contributed by atoms with Crippen molar-refractivity contribution >= 4 is 5.52 Å². The van der Waals surface area contributed by atoms with Gasteiger partial charge in [0.1, 0.15) is 11.3 Å². The monoisotopic (exact) mass is 405 g/mol. The van der Waals surface area contributed by atoms with Crippen LogP contribution in [0.2, 0.25) is 0 Å². The van der Waals surface area contributed by atoms with Gasteiger partial charge in [0.25, 0.3) is 5.56 Å². The molecule has 0 fully saturated rings. The Kier molecular flexibility index (Phi) is 4.40.